The van der Waals surface area contributed by atoms with E-state index in [1.54, 1.807) is 7.11 Å². The van der Waals surface area contributed by atoms with Gasteiger partial charge in [-0.05, 0) is 31.4 Å². The van der Waals surface area contributed by atoms with Gasteiger partial charge in [0.25, 0.3) is 0 Å². The molecular formula is C17H29NO3. The molecular weight excluding hydrogens is 266 g/mol. The Balaban J connectivity index is 2.27. The van der Waals surface area contributed by atoms with E-state index < -0.39 is 6.10 Å². The molecule has 4 nitrogen and oxygen atoms in total. The Bertz CT molecular complexity index is 407. The first kappa shape index (κ1) is 18.0. The highest BCUT2D eigenvalue weighted by atomic mass is 16.5. The van der Waals surface area contributed by atoms with Gasteiger partial charge in [-0.25, -0.2) is 0 Å². The Labute approximate surface area is 128 Å². The maximum atomic E-state index is 10.2. The number of methoxy groups -OCH3 is 1. The monoisotopic (exact) mass is 295 g/mol. The minimum atomic E-state index is -0.574. The van der Waals surface area contributed by atoms with Gasteiger partial charge in [0.1, 0.15) is 5.75 Å². The predicted molar refractivity (Wildman–Crippen MR) is 85.8 cm³/mol. The standard InChI is InChI=1S/C17H29NO3/c1-13(2)7-9-21-10-8-18-12-16(19)15-11-14(3)5-6-17(15)20-4/h5-6,11,13,16,18-19H,7-10,12H2,1-4H3. The average molecular weight is 295 g/mol. The van der Waals surface area contributed by atoms with Gasteiger partial charge in [0, 0.05) is 25.3 Å². The third kappa shape index (κ3) is 6.93. The van der Waals surface area contributed by atoms with Crippen LogP contribution in [-0.2, 0) is 4.74 Å². The molecule has 21 heavy (non-hydrogen) atoms. The molecule has 0 radical (unpaired) electrons. The van der Waals surface area contributed by atoms with Crippen LogP contribution in [0.5, 0.6) is 5.75 Å². The predicted octanol–water partition coefficient (Wildman–Crippen LogP) is 2.69. The Hall–Kier alpha value is -1.10. The van der Waals surface area contributed by atoms with Crippen LogP contribution in [0.2, 0.25) is 0 Å². The van der Waals surface area contributed by atoms with E-state index in [0.717, 1.165) is 36.4 Å². The van der Waals surface area contributed by atoms with Crippen LogP contribution in [0.15, 0.2) is 18.2 Å². The highest BCUT2D eigenvalue weighted by Gasteiger charge is 2.12. The number of hydrogen-bond donors (Lipinski definition) is 2. The zero-order valence-electron chi connectivity index (χ0n) is 13.7. The summed E-state index contributed by atoms with van der Waals surface area (Å²) in [6.07, 6.45) is 0.513. The van der Waals surface area contributed by atoms with Crippen LogP contribution in [0.4, 0.5) is 0 Å². The zero-order valence-corrected chi connectivity index (χ0v) is 13.7. The van der Waals surface area contributed by atoms with E-state index in [2.05, 4.69) is 19.2 Å². The van der Waals surface area contributed by atoms with E-state index in [0.29, 0.717) is 19.1 Å². The van der Waals surface area contributed by atoms with Crippen LogP contribution in [0, 0.1) is 12.8 Å². The van der Waals surface area contributed by atoms with Crippen molar-refractivity contribution in [1.29, 1.82) is 0 Å². The lowest BCUT2D eigenvalue weighted by molar-refractivity contribution is 0.118. The molecule has 0 bridgehead atoms. The lowest BCUT2D eigenvalue weighted by Gasteiger charge is -2.16. The highest BCUT2D eigenvalue weighted by Crippen LogP contribution is 2.25. The number of aliphatic hydroxyl groups is 1. The minimum absolute atomic E-state index is 0.493. The Kier molecular flexibility index (Phi) is 8.35. The van der Waals surface area contributed by atoms with E-state index in [-0.39, 0.29) is 0 Å². The van der Waals surface area contributed by atoms with E-state index in [1.165, 1.54) is 0 Å². The molecule has 0 spiro atoms. The van der Waals surface area contributed by atoms with Crippen molar-refractivity contribution < 1.29 is 14.6 Å². The molecule has 1 rings (SSSR count). The average Bonchev–Trinajstić information content (AvgIpc) is 2.45. The topological polar surface area (TPSA) is 50.7 Å². The van der Waals surface area contributed by atoms with Gasteiger partial charge < -0.3 is 19.9 Å². The summed E-state index contributed by atoms with van der Waals surface area (Å²) in [6.45, 7) is 9.08. The number of aryl methyl sites for hydroxylation is 1. The molecule has 0 heterocycles. The molecule has 1 aromatic rings. The fraction of sp³-hybridized carbons (Fsp3) is 0.647. The third-order valence-corrected chi connectivity index (χ3v) is 3.34. The number of benzene rings is 1. The lowest BCUT2D eigenvalue weighted by Crippen LogP contribution is -2.25. The first-order valence-electron chi connectivity index (χ1n) is 7.65. The van der Waals surface area contributed by atoms with Crippen LogP contribution < -0.4 is 10.1 Å². The molecule has 0 saturated heterocycles. The summed E-state index contributed by atoms with van der Waals surface area (Å²) in [4.78, 5) is 0. The first-order chi connectivity index (χ1) is 10.0. The van der Waals surface area contributed by atoms with Crippen LogP contribution in [-0.4, -0.2) is 38.5 Å². The molecule has 1 aromatic carbocycles. The summed E-state index contributed by atoms with van der Waals surface area (Å²) in [5.41, 5.74) is 1.94. The van der Waals surface area contributed by atoms with Crippen molar-refractivity contribution in [2.24, 2.45) is 5.92 Å². The zero-order chi connectivity index (χ0) is 15.7. The fourth-order valence-corrected chi connectivity index (χ4v) is 2.03. The first-order valence-corrected chi connectivity index (χ1v) is 7.65. The molecule has 1 unspecified atom stereocenters. The summed E-state index contributed by atoms with van der Waals surface area (Å²) in [6, 6.07) is 5.83. The van der Waals surface area contributed by atoms with Gasteiger partial charge >= 0.3 is 0 Å². The maximum Gasteiger partial charge on any atom is 0.124 e. The molecule has 0 aromatic heterocycles. The van der Waals surface area contributed by atoms with Gasteiger partial charge in [0.2, 0.25) is 0 Å². The van der Waals surface area contributed by atoms with Crippen LogP contribution >= 0.6 is 0 Å². The largest absolute Gasteiger partial charge is 0.496 e. The summed E-state index contributed by atoms with van der Waals surface area (Å²) in [5.74, 6) is 1.40. The molecule has 4 heteroatoms. The lowest BCUT2D eigenvalue weighted by atomic mass is 10.1. The second kappa shape index (κ2) is 9.77. The Morgan fingerprint density at radius 3 is 2.67 bits per heavy atom. The van der Waals surface area contributed by atoms with Gasteiger partial charge in [0.05, 0.1) is 19.8 Å². The number of hydrogen-bond acceptors (Lipinski definition) is 4. The summed E-state index contributed by atoms with van der Waals surface area (Å²) < 4.78 is 10.8. The molecule has 0 aliphatic rings. The summed E-state index contributed by atoms with van der Waals surface area (Å²) in [7, 11) is 1.62. The van der Waals surface area contributed by atoms with E-state index in [9.17, 15) is 5.11 Å². The highest BCUT2D eigenvalue weighted by molar-refractivity contribution is 5.38. The van der Waals surface area contributed by atoms with Gasteiger partial charge in [-0.1, -0.05) is 25.5 Å². The number of aliphatic hydroxyl groups excluding tert-OH is 1. The van der Waals surface area contributed by atoms with Crippen molar-refractivity contribution in [1.82, 2.24) is 5.32 Å². The number of ether oxygens (including phenoxy) is 2. The molecule has 0 aliphatic heterocycles. The van der Waals surface area contributed by atoms with Crippen molar-refractivity contribution in [3.63, 3.8) is 0 Å². The summed E-state index contributed by atoms with van der Waals surface area (Å²) >= 11 is 0. The maximum absolute atomic E-state index is 10.2. The Morgan fingerprint density at radius 2 is 2.00 bits per heavy atom. The fourth-order valence-electron chi connectivity index (χ4n) is 2.03. The normalized spacial score (nSPS) is 12.7. The van der Waals surface area contributed by atoms with Crippen LogP contribution in [0.1, 0.15) is 37.5 Å². The third-order valence-electron chi connectivity index (χ3n) is 3.34. The minimum Gasteiger partial charge on any atom is -0.496 e. The molecule has 0 aliphatic carbocycles. The second-order valence-corrected chi connectivity index (χ2v) is 5.76. The number of rotatable bonds is 10. The van der Waals surface area contributed by atoms with Gasteiger partial charge in [0.15, 0.2) is 0 Å². The van der Waals surface area contributed by atoms with E-state index in [1.807, 2.05) is 25.1 Å². The number of nitrogens with one attached hydrogen (secondary N) is 1. The van der Waals surface area contributed by atoms with Gasteiger partial charge in [-0.15, -0.1) is 0 Å². The molecule has 0 fully saturated rings. The second-order valence-electron chi connectivity index (χ2n) is 5.76. The SMILES string of the molecule is COc1ccc(C)cc1C(O)CNCCOCCC(C)C. The van der Waals surface area contributed by atoms with Gasteiger partial charge in [-0.2, -0.15) is 0 Å². The van der Waals surface area contributed by atoms with Crippen LogP contribution in [0.25, 0.3) is 0 Å². The van der Waals surface area contributed by atoms with Gasteiger partial charge in [-0.3, -0.25) is 0 Å². The van der Waals surface area contributed by atoms with Crippen molar-refractivity contribution in [2.45, 2.75) is 33.3 Å². The van der Waals surface area contributed by atoms with Crippen molar-refractivity contribution in [2.75, 3.05) is 33.4 Å². The molecule has 120 valence electrons. The molecule has 0 amide bonds. The quantitative estimate of drug-likeness (QED) is 0.652. The molecule has 2 N–H and O–H groups in total. The van der Waals surface area contributed by atoms with E-state index in [4.69, 9.17) is 9.47 Å². The van der Waals surface area contributed by atoms with Crippen molar-refractivity contribution in [3.8, 4) is 5.75 Å². The van der Waals surface area contributed by atoms with E-state index >= 15 is 0 Å². The van der Waals surface area contributed by atoms with Crippen molar-refractivity contribution >= 4 is 0 Å². The van der Waals surface area contributed by atoms with Crippen LogP contribution in [0.3, 0.4) is 0 Å². The molecule has 0 saturated carbocycles. The smallest absolute Gasteiger partial charge is 0.124 e. The summed E-state index contributed by atoms with van der Waals surface area (Å²) in [5, 5.41) is 13.5. The molecule has 1 atom stereocenters. The van der Waals surface area contributed by atoms with Crippen molar-refractivity contribution in [3.05, 3.63) is 29.3 Å². The Morgan fingerprint density at radius 1 is 1.24 bits per heavy atom.